The Morgan fingerprint density at radius 3 is 2.38 bits per heavy atom. The minimum absolute atomic E-state index is 0.0559. The lowest BCUT2D eigenvalue weighted by Crippen LogP contribution is -2.34. The highest BCUT2D eigenvalue weighted by Crippen LogP contribution is 2.29. The number of hydrogen-bond donors (Lipinski definition) is 2. The van der Waals surface area contributed by atoms with Crippen molar-refractivity contribution in [2.75, 3.05) is 6.61 Å². The van der Waals surface area contributed by atoms with E-state index in [4.69, 9.17) is 20.3 Å². The van der Waals surface area contributed by atoms with Crippen LogP contribution in [-0.2, 0) is 22.7 Å². The molecule has 150 valence electrons. The lowest BCUT2D eigenvalue weighted by molar-refractivity contribution is -0.140. The Hall–Kier alpha value is -3.22. The van der Waals surface area contributed by atoms with Crippen molar-refractivity contribution in [3.63, 3.8) is 0 Å². The van der Waals surface area contributed by atoms with Crippen LogP contribution in [0.1, 0.15) is 11.1 Å². The van der Waals surface area contributed by atoms with E-state index in [-0.39, 0.29) is 19.0 Å². The van der Waals surface area contributed by atoms with Crippen LogP contribution in [0.2, 0.25) is 0 Å². The second-order valence-electron chi connectivity index (χ2n) is 6.53. The van der Waals surface area contributed by atoms with Gasteiger partial charge in [0.1, 0.15) is 24.2 Å². The van der Waals surface area contributed by atoms with E-state index in [0.29, 0.717) is 29.0 Å². The summed E-state index contributed by atoms with van der Waals surface area (Å²) in [7, 11) is 0. The van der Waals surface area contributed by atoms with Crippen molar-refractivity contribution in [1.29, 1.82) is 0 Å². The summed E-state index contributed by atoms with van der Waals surface area (Å²) in [6.45, 7) is 0.348. The lowest BCUT2D eigenvalue weighted by Gasteiger charge is -2.13. The highest BCUT2D eigenvalue weighted by Gasteiger charge is 2.14. The highest BCUT2D eigenvalue weighted by molar-refractivity contribution is 5.73. The molecule has 3 rings (SSSR count). The largest absolute Gasteiger partial charge is 0.489 e. The van der Waals surface area contributed by atoms with Gasteiger partial charge in [-0.1, -0.05) is 54.6 Å². The Kier molecular flexibility index (Phi) is 6.94. The molecule has 0 heterocycles. The van der Waals surface area contributed by atoms with E-state index in [0.717, 1.165) is 5.56 Å². The quantitative estimate of drug-likeness (QED) is 0.572. The number of benzene rings is 3. The molecule has 3 aromatic carbocycles. The van der Waals surface area contributed by atoms with Crippen LogP contribution in [0.3, 0.4) is 0 Å². The molecule has 0 spiro atoms. The van der Waals surface area contributed by atoms with E-state index >= 15 is 0 Å². The van der Waals surface area contributed by atoms with Gasteiger partial charge in [0, 0.05) is 5.56 Å². The van der Waals surface area contributed by atoms with E-state index in [1.807, 2.05) is 30.3 Å². The minimum Gasteiger partial charge on any atom is -0.489 e. The van der Waals surface area contributed by atoms with Gasteiger partial charge in [0.15, 0.2) is 0 Å². The van der Waals surface area contributed by atoms with Gasteiger partial charge >= 0.3 is 5.97 Å². The van der Waals surface area contributed by atoms with Crippen LogP contribution in [0.25, 0.3) is 11.1 Å². The van der Waals surface area contributed by atoms with Gasteiger partial charge in [0.25, 0.3) is 0 Å². The zero-order chi connectivity index (χ0) is 20.6. The van der Waals surface area contributed by atoms with Crippen LogP contribution in [-0.4, -0.2) is 23.7 Å². The van der Waals surface area contributed by atoms with Crippen molar-refractivity contribution in [1.82, 2.24) is 0 Å². The molecular formula is C23H22FNO4. The van der Waals surface area contributed by atoms with Crippen LogP contribution in [0, 0.1) is 5.82 Å². The van der Waals surface area contributed by atoms with Crippen molar-refractivity contribution in [3.05, 3.63) is 89.7 Å². The summed E-state index contributed by atoms with van der Waals surface area (Å²) >= 11 is 0. The number of carbonyl (C=O) groups is 1. The second-order valence-corrected chi connectivity index (χ2v) is 6.53. The zero-order valence-electron chi connectivity index (χ0n) is 15.8. The molecule has 0 aliphatic rings. The number of nitrogens with two attached hydrogens (primary N) is 1. The average molecular weight is 395 g/mol. The van der Waals surface area contributed by atoms with Crippen LogP contribution in [0.4, 0.5) is 4.39 Å². The summed E-state index contributed by atoms with van der Waals surface area (Å²) in [4.78, 5) is 10.8. The standard InChI is InChI=1S/C23H22FNO4/c24-20-8-4-7-18(14-28-15-21(25)23(26)27)22(20)17-9-11-19(12-10-17)29-13-16-5-2-1-3-6-16/h1-12,21H,13-15,25H2,(H,26,27). The third kappa shape index (κ3) is 5.63. The number of carboxylic acids is 1. The number of aliphatic carboxylic acids is 1. The molecule has 3 aromatic rings. The third-order valence-corrected chi connectivity index (χ3v) is 4.36. The van der Waals surface area contributed by atoms with Crippen LogP contribution in [0.15, 0.2) is 72.8 Å². The molecule has 6 heteroatoms. The molecule has 3 N–H and O–H groups in total. The van der Waals surface area contributed by atoms with Gasteiger partial charge in [0.2, 0.25) is 0 Å². The third-order valence-electron chi connectivity index (χ3n) is 4.36. The van der Waals surface area contributed by atoms with E-state index in [9.17, 15) is 9.18 Å². The Balaban J connectivity index is 1.70. The number of carboxylic acid groups (broad SMARTS) is 1. The Labute approximate surface area is 168 Å². The molecule has 0 aliphatic heterocycles. The van der Waals surface area contributed by atoms with Gasteiger partial charge in [-0.2, -0.15) is 0 Å². The van der Waals surface area contributed by atoms with Crippen molar-refractivity contribution < 1.29 is 23.8 Å². The first-order valence-electron chi connectivity index (χ1n) is 9.15. The molecule has 0 aliphatic carbocycles. The fourth-order valence-electron chi connectivity index (χ4n) is 2.84. The Morgan fingerprint density at radius 1 is 0.966 bits per heavy atom. The van der Waals surface area contributed by atoms with Crippen molar-refractivity contribution in [2.24, 2.45) is 5.73 Å². The Bertz CT molecular complexity index is 945. The summed E-state index contributed by atoms with van der Waals surface area (Å²) in [5.41, 5.74) is 8.19. The number of hydrogen-bond acceptors (Lipinski definition) is 4. The van der Waals surface area contributed by atoms with E-state index in [2.05, 4.69) is 0 Å². The first-order chi connectivity index (χ1) is 14.0. The summed E-state index contributed by atoms with van der Waals surface area (Å²) in [5, 5.41) is 8.82. The summed E-state index contributed by atoms with van der Waals surface area (Å²) in [6, 6.07) is 20.5. The van der Waals surface area contributed by atoms with E-state index < -0.39 is 12.0 Å². The van der Waals surface area contributed by atoms with Crippen LogP contribution >= 0.6 is 0 Å². The summed E-state index contributed by atoms with van der Waals surface area (Å²) in [5.74, 6) is -0.846. The minimum atomic E-state index is -1.14. The Morgan fingerprint density at radius 2 is 1.69 bits per heavy atom. The molecule has 0 fully saturated rings. The maximum Gasteiger partial charge on any atom is 0.322 e. The molecule has 0 saturated heterocycles. The molecule has 0 bridgehead atoms. The monoisotopic (exact) mass is 395 g/mol. The number of ether oxygens (including phenoxy) is 2. The number of halogens is 1. The topological polar surface area (TPSA) is 81.8 Å². The van der Waals surface area contributed by atoms with Crippen LogP contribution < -0.4 is 10.5 Å². The zero-order valence-corrected chi connectivity index (χ0v) is 15.8. The molecule has 5 nitrogen and oxygen atoms in total. The molecule has 1 unspecified atom stereocenters. The maximum atomic E-state index is 14.5. The fourth-order valence-corrected chi connectivity index (χ4v) is 2.84. The van der Waals surface area contributed by atoms with Gasteiger partial charge in [-0.15, -0.1) is 0 Å². The van der Waals surface area contributed by atoms with Gasteiger partial charge in [-0.25, -0.2) is 4.39 Å². The summed E-state index contributed by atoms with van der Waals surface area (Å²) in [6.07, 6.45) is 0. The smallest absolute Gasteiger partial charge is 0.322 e. The molecule has 0 radical (unpaired) electrons. The molecule has 29 heavy (non-hydrogen) atoms. The van der Waals surface area contributed by atoms with Gasteiger partial charge in [0.05, 0.1) is 13.2 Å². The normalized spacial score (nSPS) is 11.8. The van der Waals surface area contributed by atoms with E-state index in [1.54, 1.807) is 36.4 Å². The van der Waals surface area contributed by atoms with Crippen molar-refractivity contribution >= 4 is 5.97 Å². The fraction of sp³-hybridized carbons (Fsp3) is 0.174. The van der Waals surface area contributed by atoms with Gasteiger partial charge in [-0.3, -0.25) is 4.79 Å². The van der Waals surface area contributed by atoms with Gasteiger partial charge < -0.3 is 20.3 Å². The predicted octanol–water partition coefficient (Wildman–Crippen LogP) is 4.00. The average Bonchev–Trinajstić information content (AvgIpc) is 2.73. The molecule has 1 atom stereocenters. The molecular weight excluding hydrogens is 373 g/mol. The lowest BCUT2D eigenvalue weighted by atomic mass is 9.99. The first kappa shape index (κ1) is 20.5. The van der Waals surface area contributed by atoms with Gasteiger partial charge in [-0.05, 0) is 34.9 Å². The first-order valence-corrected chi connectivity index (χ1v) is 9.15. The van der Waals surface area contributed by atoms with Crippen molar-refractivity contribution in [3.8, 4) is 16.9 Å². The highest BCUT2D eigenvalue weighted by atomic mass is 19.1. The van der Waals surface area contributed by atoms with E-state index in [1.165, 1.54) is 6.07 Å². The molecule has 0 saturated carbocycles. The predicted molar refractivity (Wildman–Crippen MR) is 108 cm³/mol. The summed E-state index contributed by atoms with van der Waals surface area (Å²) < 4.78 is 25.7. The van der Waals surface area contributed by atoms with Crippen LogP contribution in [0.5, 0.6) is 5.75 Å². The second kappa shape index (κ2) is 9.82. The van der Waals surface area contributed by atoms with Crippen molar-refractivity contribution in [2.45, 2.75) is 19.3 Å². The maximum absolute atomic E-state index is 14.5. The molecule has 0 aromatic heterocycles. The molecule has 0 amide bonds. The number of rotatable bonds is 9. The SMILES string of the molecule is NC(COCc1cccc(F)c1-c1ccc(OCc2ccccc2)cc1)C(=O)O.